The summed E-state index contributed by atoms with van der Waals surface area (Å²) in [5.74, 6) is -0.327. The molecule has 150 valence electrons. The van der Waals surface area contributed by atoms with Crippen LogP contribution in [0.2, 0.25) is 0 Å². The molecule has 0 aliphatic heterocycles. The molecule has 1 amide bonds. The third-order valence-electron chi connectivity index (χ3n) is 4.55. The third kappa shape index (κ3) is 4.19. The van der Waals surface area contributed by atoms with E-state index in [2.05, 4.69) is 11.1 Å². The molecule has 6 nitrogen and oxygen atoms in total. The molecule has 0 aliphatic rings. The molecule has 0 radical (unpaired) electrons. The Balaban J connectivity index is 1.77. The van der Waals surface area contributed by atoms with Gasteiger partial charge in [0.25, 0.3) is 11.6 Å². The summed E-state index contributed by atoms with van der Waals surface area (Å²) in [4.78, 5) is 31.4. The lowest BCUT2D eigenvalue weighted by atomic mass is 10.1. The van der Waals surface area contributed by atoms with Crippen molar-refractivity contribution in [3.05, 3.63) is 94.0 Å². The average Bonchev–Trinajstić information content (AvgIpc) is 3.20. The Kier molecular flexibility index (Phi) is 5.78. The number of anilines is 1. The number of nitro groups is 1. The molecule has 1 heterocycles. The van der Waals surface area contributed by atoms with Crippen molar-refractivity contribution >= 4 is 50.0 Å². The average molecular weight is 436 g/mol. The fourth-order valence-electron chi connectivity index (χ4n) is 3.04. The molecule has 4 aromatic rings. The summed E-state index contributed by atoms with van der Waals surface area (Å²) in [7, 11) is 0. The Hall–Kier alpha value is -3.23. The van der Waals surface area contributed by atoms with Gasteiger partial charge in [-0.3, -0.25) is 19.8 Å². The smallest absolute Gasteiger partial charge is 0.270 e. The van der Waals surface area contributed by atoms with Crippen molar-refractivity contribution in [2.75, 3.05) is 11.2 Å². The third-order valence-corrected chi connectivity index (χ3v) is 6.31. The Morgan fingerprint density at radius 3 is 2.63 bits per heavy atom. The maximum absolute atomic E-state index is 13.4. The fraction of sp³-hybridized carbons (Fsp3) is 0.0909. The van der Waals surface area contributed by atoms with Gasteiger partial charge in [0.1, 0.15) is 0 Å². The molecule has 0 fully saturated rings. The molecule has 0 saturated carbocycles. The lowest BCUT2D eigenvalue weighted by Crippen LogP contribution is -2.30. The highest BCUT2D eigenvalue weighted by atomic mass is 32.2. The predicted octanol–water partition coefficient (Wildman–Crippen LogP) is 5.77. The molecule has 3 aromatic carbocycles. The van der Waals surface area contributed by atoms with E-state index in [0.717, 1.165) is 20.7 Å². The van der Waals surface area contributed by atoms with Crippen molar-refractivity contribution in [3.8, 4) is 0 Å². The van der Waals surface area contributed by atoms with E-state index in [0.29, 0.717) is 11.7 Å². The molecule has 30 heavy (non-hydrogen) atoms. The lowest BCUT2D eigenvalue weighted by molar-refractivity contribution is -0.384. The molecular formula is C22H17N3O3S2. The minimum atomic E-state index is -0.500. The number of aromatic nitrogens is 1. The standard InChI is InChI=1S/C22H17N3O3S2/c1-29-18-10-11-19-20(13-18)30-22(23-19)24(14-15-6-3-2-4-7-15)21(26)16-8-5-9-17(12-16)25(27)28/h2-13H,14H2,1H3. The molecule has 0 atom stereocenters. The molecule has 4 rings (SSSR count). The Morgan fingerprint density at radius 1 is 1.10 bits per heavy atom. The number of thioether (sulfide) groups is 1. The molecule has 0 saturated heterocycles. The van der Waals surface area contributed by atoms with Crippen LogP contribution in [0, 0.1) is 10.1 Å². The summed E-state index contributed by atoms with van der Waals surface area (Å²) in [5, 5.41) is 11.7. The number of carbonyl (C=O) groups is 1. The summed E-state index contributed by atoms with van der Waals surface area (Å²) in [6.45, 7) is 0.317. The van der Waals surface area contributed by atoms with Crippen molar-refractivity contribution in [1.82, 2.24) is 4.98 Å². The molecule has 0 spiro atoms. The summed E-state index contributed by atoms with van der Waals surface area (Å²) in [6, 6.07) is 21.4. The van der Waals surface area contributed by atoms with Crippen molar-refractivity contribution in [2.24, 2.45) is 0 Å². The maximum atomic E-state index is 13.4. The number of fused-ring (bicyclic) bond motifs is 1. The molecule has 0 bridgehead atoms. The van der Waals surface area contributed by atoms with Gasteiger partial charge < -0.3 is 0 Å². The van der Waals surface area contributed by atoms with Crippen molar-refractivity contribution in [1.29, 1.82) is 0 Å². The topological polar surface area (TPSA) is 76.3 Å². The van der Waals surface area contributed by atoms with Crippen LogP contribution >= 0.6 is 23.1 Å². The van der Waals surface area contributed by atoms with Gasteiger partial charge in [-0.1, -0.05) is 47.7 Å². The number of rotatable bonds is 6. The van der Waals surface area contributed by atoms with E-state index >= 15 is 0 Å². The van der Waals surface area contributed by atoms with Gasteiger partial charge in [0.15, 0.2) is 5.13 Å². The number of nitro benzene ring substituents is 1. The van der Waals surface area contributed by atoms with E-state index in [-0.39, 0.29) is 17.2 Å². The second kappa shape index (κ2) is 8.64. The van der Waals surface area contributed by atoms with E-state index in [4.69, 9.17) is 0 Å². The Bertz CT molecular complexity index is 1220. The van der Waals surface area contributed by atoms with Gasteiger partial charge >= 0.3 is 0 Å². The minimum Gasteiger partial charge on any atom is -0.279 e. The number of carbonyl (C=O) groups excluding carboxylic acids is 1. The Labute approximate surface area is 181 Å². The number of thiazole rings is 1. The number of hydrogen-bond acceptors (Lipinski definition) is 6. The highest BCUT2D eigenvalue weighted by Crippen LogP contribution is 2.33. The largest absolute Gasteiger partial charge is 0.279 e. The first-order chi connectivity index (χ1) is 14.5. The molecule has 0 unspecified atom stereocenters. The first kappa shape index (κ1) is 20.1. The number of nitrogens with zero attached hydrogens (tertiary/aromatic N) is 3. The first-order valence-corrected chi connectivity index (χ1v) is 11.1. The summed E-state index contributed by atoms with van der Waals surface area (Å²) in [6.07, 6.45) is 2.01. The van der Waals surface area contributed by atoms with Crippen LogP contribution in [-0.4, -0.2) is 22.1 Å². The number of hydrogen-bond donors (Lipinski definition) is 0. The summed E-state index contributed by atoms with van der Waals surface area (Å²) < 4.78 is 0.988. The van der Waals surface area contributed by atoms with Crippen molar-refractivity contribution in [2.45, 2.75) is 11.4 Å². The van der Waals surface area contributed by atoms with Crippen LogP contribution in [0.3, 0.4) is 0 Å². The SMILES string of the molecule is CSc1ccc2nc(N(Cc3ccccc3)C(=O)c3cccc([N+](=O)[O-])c3)sc2c1. The van der Waals surface area contributed by atoms with Crippen LogP contribution in [-0.2, 0) is 6.54 Å². The summed E-state index contributed by atoms with van der Waals surface area (Å²) >= 11 is 3.08. The van der Waals surface area contributed by atoms with Gasteiger partial charge in [-0.25, -0.2) is 4.98 Å². The van der Waals surface area contributed by atoms with Crippen LogP contribution < -0.4 is 4.90 Å². The normalized spacial score (nSPS) is 10.8. The van der Waals surface area contributed by atoms with E-state index in [1.165, 1.54) is 29.5 Å². The summed E-state index contributed by atoms with van der Waals surface area (Å²) in [5.41, 5.74) is 1.90. The second-order valence-electron chi connectivity index (χ2n) is 6.51. The van der Waals surface area contributed by atoms with Crippen LogP contribution in [0.1, 0.15) is 15.9 Å². The fourth-order valence-corrected chi connectivity index (χ4v) is 4.55. The van der Waals surface area contributed by atoms with Gasteiger partial charge in [-0.05, 0) is 36.1 Å². The van der Waals surface area contributed by atoms with Crippen LogP contribution in [0.5, 0.6) is 0 Å². The second-order valence-corrected chi connectivity index (χ2v) is 8.40. The zero-order chi connectivity index (χ0) is 21.1. The first-order valence-electron chi connectivity index (χ1n) is 9.10. The number of non-ortho nitro benzene ring substituents is 1. The maximum Gasteiger partial charge on any atom is 0.270 e. The van der Waals surface area contributed by atoms with Crippen LogP contribution in [0.4, 0.5) is 10.8 Å². The number of amides is 1. The molecule has 8 heteroatoms. The van der Waals surface area contributed by atoms with Crippen LogP contribution in [0.25, 0.3) is 10.2 Å². The predicted molar refractivity (Wildman–Crippen MR) is 121 cm³/mol. The monoisotopic (exact) mass is 435 g/mol. The number of benzene rings is 3. The van der Waals surface area contributed by atoms with Gasteiger partial charge in [0.05, 0.1) is 21.7 Å². The van der Waals surface area contributed by atoms with Crippen molar-refractivity contribution < 1.29 is 9.72 Å². The van der Waals surface area contributed by atoms with Gasteiger partial charge in [-0.2, -0.15) is 0 Å². The molecule has 0 N–H and O–H groups in total. The van der Waals surface area contributed by atoms with E-state index in [1.54, 1.807) is 22.7 Å². The van der Waals surface area contributed by atoms with E-state index < -0.39 is 4.92 Å². The zero-order valence-electron chi connectivity index (χ0n) is 16.0. The highest BCUT2D eigenvalue weighted by molar-refractivity contribution is 7.98. The highest BCUT2D eigenvalue weighted by Gasteiger charge is 2.23. The Morgan fingerprint density at radius 2 is 1.90 bits per heavy atom. The van der Waals surface area contributed by atoms with Crippen LogP contribution in [0.15, 0.2) is 77.7 Å². The van der Waals surface area contributed by atoms with E-state index in [9.17, 15) is 14.9 Å². The molecular weight excluding hydrogens is 418 g/mol. The van der Waals surface area contributed by atoms with Gasteiger partial charge in [0, 0.05) is 22.6 Å². The van der Waals surface area contributed by atoms with Gasteiger partial charge in [-0.15, -0.1) is 11.8 Å². The quantitative estimate of drug-likeness (QED) is 0.218. The van der Waals surface area contributed by atoms with Crippen molar-refractivity contribution in [3.63, 3.8) is 0 Å². The minimum absolute atomic E-state index is 0.116. The zero-order valence-corrected chi connectivity index (χ0v) is 17.7. The van der Waals surface area contributed by atoms with E-state index in [1.807, 2.05) is 48.7 Å². The molecule has 0 aliphatic carbocycles. The molecule has 1 aromatic heterocycles. The van der Waals surface area contributed by atoms with Gasteiger partial charge in [0.2, 0.25) is 0 Å². The lowest BCUT2D eigenvalue weighted by Gasteiger charge is -2.20.